The van der Waals surface area contributed by atoms with Gasteiger partial charge in [-0.3, -0.25) is 4.79 Å². The zero-order chi connectivity index (χ0) is 13.2. The summed E-state index contributed by atoms with van der Waals surface area (Å²) < 4.78 is 4.83. The van der Waals surface area contributed by atoms with E-state index in [0.29, 0.717) is 25.3 Å². The molecule has 0 unspecified atom stereocenters. The number of esters is 1. The molecule has 0 saturated carbocycles. The van der Waals surface area contributed by atoms with Crippen LogP contribution < -0.4 is 5.32 Å². The Hall–Kier alpha value is -1.93. The van der Waals surface area contributed by atoms with Gasteiger partial charge in [-0.1, -0.05) is 0 Å². The SMILES string of the molecule is CCOC(=O)CCCNCc1ccnc(C#N)c1. The third kappa shape index (κ3) is 5.41. The first-order chi connectivity index (χ1) is 8.76. The standard InChI is InChI=1S/C13H17N3O2/c1-2-18-13(17)4-3-6-15-10-11-5-7-16-12(8-11)9-14/h5,7-8,15H,2-4,6,10H2,1H3. The largest absolute Gasteiger partial charge is 0.466 e. The highest BCUT2D eigenvalue weighted by atomic mass is 16.5. The molecule has 0 aliphatic carbocycles. The molecule has 0 fully saturated rings. The summed E-state index contributed by atoms with van der Waals surface area (Å²) in [5.41, 5.74) is 1.43. The third-order valence-electron chi connectivity index (χ3n) is 2.31. The van der Waals surface area contributed by atoms with Crippen molar-refractivity contribution in [2.45, 2.75) is 26.3 Å². The number of hydrogen-bond acceptors (Lipinski definition) is 5. The van der Waals surface area contributed by atoms with Gasteiger partial charge in [-0.25, -0.2) is 4.98 Å². The van der Waals surface area contributed by atoms with Crippen LogP contribution in [0.3, 0.4) is 0 Å². The van der Waals surface area contributed by atoms with E-state index in [-0.39, 0.29) is 5.97 Å². The van der Waals surface area contributed by atoms with Gasteiger partial charge in [0.1, 0.15) is 11.8 Å². The first kappa shape index (κ1) is 14.1. The number of nitrogens with one attached hydrogen (secondary N) is 1. The zero-order valence-corrected chi connectivity index (χ0v) is 10.5. The van der Waals surface area contributed by atoms with Crippen LogP contribution in [0.4, 0.5) is 0 Å². The Labute approximate surface area is 107 Å². The smallest absolute Gasteiger partial charge is 0.305 e. The van der Waals surface area contributed by atoms with E-state index in [4.69, 9.17) is 10.00 Å². The summed E-state index contributed by atoms with van der Waals surface area (Å²) in [6, 6.07) is 5.61. The van der Waals surface area contributed by atoms with E-state index < -0.39 is 0 Å². The molecule has 5 heteroatoms. The van der Waals surface area contributed by atoms with E-state index in [1.54, 1.807) is 19.2 Å². The molecule has 1 N–H and O–H groups in total. The Morgan fingerprint density at radius 3 is 3.17 bits per heavy atom. The van der Waals surface area contributed by atoms with Crippen molar-refractivity contribution in [1.29, 1.82) is 5.26 Å². The Morgan fingerprint density at radius 1 is 1.61 bits per heavy atom. The summed E-state index contributed by atoms with van der Waals surface area (Å²) in [5, 5.41) is 11.9. The average molecular weight is 247 g/mol. The van der Waals surface area contributed by atoms with Gasteiger partial charge in [-0.15, -0.1) is 0 Å². The van der Waals surface area contributed by atoms with Gasteiger partial charge >= 0.3 is 5.97 Å². The molecule has 1 aromatic rings. The fraction of sp³-hybridized carbons (Fsp3) is 0.462. The van der Waals surface area contributed by atoms with E-state index in [1.807, 2.05) is 12.1 Å². The topological polar surface area (TPSA) is 75.0 Å². The summed E-state index contributed by atoms with van der Waals surface area (Å²) in [6.45, 7) is 3.63. The first-order valence-electron chi connectivity index (χ1n) is 5.97. The first-order valence-corrected chi connectivity index (χ1v) is 5.97. The predicted octanol–water partition coefficient (Wildman–Crippen LogP) is 1.39. The molecule has 0 aliphatic rings. The van der Waals surface area contributed by atoms with Gasteiger partial charge in [0.25, 0.3) is 0 Å². The molecule has 1 rings (SSSR count). The maximum absolute atomic E-state index is 11.1. The van der Waals surface area contributed by atoms with Crippen molar-refractivity contribution in [3.63, 3.8) is 0 Å². The normalized spacial score (nSPS) is 9.78. The average Bonchev–Trinajstić information content (AvgIpc) is 2.39. The van der Waals surface area contributed by atoms with E-state index >= 15 is 0 Å². The second-order valence-corrected chi connectivity index (χ2v) is 3.75. The van der Waals surface area contributed by atoms with Crippen molar-refractivity contribution >= 4 is 5.97 Å². The number of carbonyl (C=O) groups is 1. The molecule has 0 atom stereocenters. The van der Waals surface area contributed by atoms with Crippen molar-refractivity contribution in [2.24, 2.45) is 0 Å². The molecule has 0 amide bonds. The molecule has 0 radical (unpaired) electrons. The summed E-state index contributed by atoms with van der Waals surface area (Å²) >= 11 is 0. The van der Waals surface area contributed by atoms with E-state index in [9.17, 15) is 4.79 Å². The molecular formula is C13H17N3O2. The number of aromatic nitrogens is 1. The van der Waals surface area contributed by atoms with Crippen molar-refractivity contribution in [3.8, 4) is 6.07 Å². The molecule has 18 heavy (non-hydrogen) atoms. The minimum absolute atomic E-state index is 0.157. The molecule has 96 valence electrons. The summed E-state index contributed by atoms with van der Waals surface area (Å²) in [5.74, 6) is -0.157. The Balaban J connectivity index is 2.18. The lowest BCUT2D eigenvalue weighted by molar-refractivity contribution is -0.143. The van der Waals surface area contributed by atoms with Crippen molar-refractivity contribution < 1.29 is 9.53 Å². The lowest BCUT2D eigenvalue weighted by atomic mass is 10.2. The zero-order valence-electron chi connectivity index (χ0n) is 10.5. The predicted molar refractivity (Wildman–Crippen MR) is 66.5 cm³/mol. The summed E-state index contributed by atoms with van der Waals surface area (Å²) in [4.78, 5) is 15.0. The number of nitriles is 1. The Bertz CT molecular complexity index is 426. The molecule has 0 saturated heterocycles. The van der Waals surface area contributed by atoms with Gasteiger partial charge in [0, 0.05) is 19.2 Å². The Morgan fingerprint density at radius 2 is 2.44 bits per heavy atom. The quantitative estimate of drug-likeness (QED) is 0.582. The third-order valence-corrected chi connectivity index (χ3v) is 2.31. The lowest BCUT2D eigenvalue weighted by Crippen LogP contribution is -2.16. The molecule has 5 nitrogen and oxygen atoms in total. The van der Waals surface area contributed by atoms with Crippen LogP contribution in [0, 0.1) is 11.3 Å². The van der Waals surface area contributed by atoms with Crippen LogP contribution in [-0.4, -0.2) is 24.1 Å². The van der Waals surface area contributed by atoms with Gasteiger partial charge in [-0.05, 0) is 37.6 Å². The highest BCUT2D eigenvalue weighted by molar-refractivity contribution is 5.69. The molecule has 1 aromatic heterocycles. The Kier molecular flexibility index (Phi) is 6.44. The monoisotopic (exact) mass is 247 g/mol. The number of rotatable bonds is 7. The second kappa shape index (κ2) is 8.20. The molecule has 0 aliphatic heterocycles. The number of ether oxygens (including phenoxy) is 1. The van der Waals surface area contributed by atoms with Gasteiger partial charge in [0.05, 0.1) is 6.61 Å². The van der Waals surface area contributed by atoms with Gasteiger partial charge < -0.3 is 10.1 Å². The molecule has 0 spiro atoms. The van der Waals surface area contributed by atoms with E-state index in [0.717, 1.165) is 18.5 Å². The maximum atomic E-state index is 11.1. The van der Waals surface area contributed by atoms with Gasteiger partial charge in [0.2, 0.25) is 0 Å². The second-order valence-electron chi connectivity index (χ2n) is 3.75. The van der Waals surface area contributed by atoms with Crippen LogP contribution in [0.1, 0.15) is 31.0 Å². The highest BCUT2D eigenvalue weighted by Gasteiger charge is 2.00. The van der Waals surface area contributed by atoms with Crippen LogP contribution in [0.5, 0.6) is 0 Å². The maximum Gasteiger partial charge on any atom is 0.305 e. The molecule has 1 heterocycles. The minimum atomic E-state index is -0.157. The van der Waals surface area contributed by atoms with Crippen molar-refractivity contribution in [3.05, 3.63) is 29.6 Å². The van der Waals surface area contributed by atoms with Crippen LogP contribution >= 0.6 is 0 Å². The van der Waals surface area contributed by atoms with E-state index in [1.165, 1.54) is 0 Å². The lowest BCUT2D eigenvalue weighted by Gasteiger charge is -2.05. The molecule has 0 bridgehead atoms. The minimum Gasteiger partial charge on any atom is -0.466 e. The highest BCUT2D eigenvalue weighted by Crippen LogP contribution is 2.00. The van der Waals surface area contributed by atoms with Gasteiger partial charge in [-0.2, -0.15) is 5.26 Å². The van der Waals surface area contributed by atoms with E-state index in [2.05, 4.69) is 10.3 Å². The fourth-order valence-electron chi connectivity index (χ4n) is 1.47. The summed E-state index contributed by atoms with van der Waals surface area (Å²) in [7, 11) is 0. The van der Waals surface area contributed by atoms with Crippen molar-refractivity contribution in [2.75, 3.05) is 13.2 Å². The summed E-state index contributed by atoms with van der Waals surface area (Å²) in [6.07, 6.45) is 2.80. The van der Waals surface area contributed by atoms with Gasteiger partial charge in [0.15, 0.2) is 0 Å². The van der Waals surface area contributed by atoms with Crippen LogP contribution in [0.15, 0.2) is 18.3 Å². The number of carbonyl (C=O) groups excluding carboxylic acids is 1. The van der Waals surface area contributed by atoms with Crippen LogP contribution in [0.2, 0.25) is 0 Å². The number of pyridine rings is 1. The van der Waals surface area contributed by atoms with Crippen LogP contribution in [0.25, 0.3) is 0 Å². The van der Waals surface area contributed by atoms with Crippen molar-refractivity contribution in [1.82, 2.24) is 10.3 Å². The number of hydrogen-bond donors (Lipinski definition) is 1. The number of nitrogens with zero attached hydrogens (tertiary/aromatic N) is 2. The van der Waals surface area contributed by atoms with Crippen LogP contribution in [-0.2, 0) is 16.1 Å². The molecular weight excluding hydrogens is 230 g/mol. The molecule has 0 aromatic carbocycles. The fourth-order valence-corrected chi connectivity index (χ4v) is 1.47.